The summed E-state index contributed by atoms with van der Waals surface area (Å²) in [5.74, 6) is -3.40. The number of aliphatic carboxylic acids is 2. The van der Waals surface area contributed by atoms with Gasteiger partial charge >= 0.3 is 11.9 Å². The first-order valence-corrected chi connectivity index (χ1v) is 13.4. The number of nitro groups is 1. The van der Waals surface area contributed by atoms with Crippen LogP contribution in [-0.2, 0) is 16.1 Å². The maximum Gasteiger partial charge on any atom is 0.333 e. The van der Waals surface area contributed by atoms with Gasteiger partial charge < -0.3 is 20.4 Å². The predicted molar refractivity (Wildman–Crippen MR) is 148 cm³/mol. The summed E-state index contributed by atoms with van der Waals surface area (Å²) in [6, 6.07) is 12.8. The van der Waals surface area contributed by atoms with Crippen molar-refractivity contribution >= 4 is 29.2 Å². The van der Waals surface area contributed by atoms with E-state index in [9.17, 15) is 29.9 Å². The number of benzene rings is 2. The number of rotatable bonds is 11. The van der Waals surface area contributed by atoms with Gasteiger partial charge in [0.1, 0.15) is 0 Å². The largest absolute Gasteiger partial charge is 0.481 e. The summed E-state index contributed by atoms with van der Waals surface area (Å²) in [4.78, 5) is 39.0. The number of carbonyl (C=O) groups is 2. The minimum absolute atomic E-state index is 0.0633. The molecule has 0 bridgehead atoms. The molecule has 2 aliphatic rings. The summed E-state index contributed by atoms with van der Waals surface area (Å²) in [7, 11) is 2.02. The number of non-ortho nitro benzene ring substituents is 1. The first kappa shape index (κ1) is 28.6. The highest BCUT2D eigenvalue weighted by atomic mass is 35.5. The van der Waals surface area contributed by atoms with Crippen LogP contribution in [0.2, 0.25) is 5.02 Å². The number of nitrogens with one attached hydrogen (secondary N) is 1. The Bertz CT molecular complexity index is 1310. The molecule has 3 atom stereocenters. The second-order valence-corrected chi connectivity index (χ2v) is 11.6. The number of carboxylic acids is 2. The van der Waals surface area contributed by atoms with Crippen molar-refractivity contribution in [3.05, 3.63) is 86.1 Å². The van der Waals surface area contributed by atoms with E-state index >= 15 is 0 Å². The SMILES string of the molecule is CC1=C(C(=O)O)C(c2cccc([N+](=O)[O-])c2)C(CC2(CCN(C)Cc3ccc(Cl)cc3)CC2)(C(=O)O)C(C)N1. The van der Waals surface area contributed by atoms with Gasteiger partial charge in [0, 0.05) is 41.4 Å². The van der Waals surface area contributed by atoms with Gasteiger partial charge in [-0.05, 0) is 81.8 Å². The molecule has 9 nitrogen and oxygen atoms in total. The quantitative estimate of drug-likeness (QED) is 0.246. The number of halogens is 1. The maximum atomic E-state index is 13.3. The molecule has 2 aromatic carbocycles. The minimum Gasteiger partial charge on any atom is -0.481 e. The number of carboxylic acid groups (broad SMARTS) is 2. The molecule has 1 saturated carbocycles. The van der Waals surface area contributed by atoms with E-state index in [1.807, 2.05) is 31.3 Å². The normalized spacial score (nSPS) is 23.8. The van der Waals surface area contributed by atoms with Gasteiger partial charge in [-0.3, -0.25) is 14.9 Å². The second kappa shape index (κ2) is 11.0. The van der Waals surface area contributed by atoms with Gasteiger partial charge in [-0.15, -0.1) is 0 Å². The lowest BCUT2D eigenvalue weighted by Gasteiger charge is -2.48. The highest BCUT2D eigenvalue weighted by Crippen LogP contribution is 2.62. The van der Waals surface area contributed by atoms with Gasteiger partial charge in [0.2, 0.25) is 0 Å². The van der Waals surface area contributed by atoms with Gasteiger partial charge in [-0.25, -0.2) is 4.79 Å². The third-order valence-electron chi connectivity index (χ3n) is 8.47. The molecule has 1 fully saturated rings. The van der Waals surface area contributed by atoms with E-state index < -0.39 is 34.2 Å². The molecule has 3 unspecified atom stereocenters. The fraction of sp³-hybridized carbons (Fsp3) is 0.448. The lowest BCUT2D eigenvalue weighted by molar-refractivity contribution is -0.384. The summed E-state index contributed by atoms with van der Waals surface area (Å²) in [5, 5.41) is 36.4. The van der Waals surface area contributed by atoms with Gasteiger partial charge in [-0.2, -0.15) is 0 Å². The lowest BCUT2D eigenvalue weighted by Crippen LogP contribution is -2.57. The Morgan fingerprint density at radius 2 is 1.85 bits per heavy atom. The number of nitrogens with zero attached hydrogens (tertiary/aromatic N) is 2. The number of allylic oxidation sites excluding steroid dienone is 1. The fourth-order valence-electron chi connectivity index (χ4n) is 6.18. The number of hydrogen-bond donors (Lipinski definition) is 3. The monoisotopic (exact) mass is 555 g/mol. The molecule has 0 saturated heterocycles. The molecule has 0 amide bonds. The molecule has 39 heavy (non-hydrogen) atoms. The average molecular weight is 556 g/mol. The van der Waals surface area contributed by atoms with Crippen molar-refractivity contribution in [2.24, 2.45) is 10.8 Å². The van der Waals surface area contributed by atoms with Gasteiger partial charge in [0.25, 0.3) is 5.69 Å². The van der Waals surface area contributed by atoms with Crippen LogP contribution in [0.3, 0.4) is 0 Å². The van der Waals surface area contributed by atoms with Crippen molar-refractivity contribution < 1.29 is 24.7 Å². The van der Waals surface area contributed by atoms with Crippen LogP contribution in [0, 0.1) is 20.9 Å². The van der Waals surface area contributed by atoms with Crippen LogP contribution in [0.1, 0.15) is 56.6 Å². The Hall–Kier alpha value is -3.43. The molecular formula is C29H34ClN3O6. The van der Waals surface area contributed by atoms with E-state index in [1.54, 1.807) is 19.9 Å². The van der Waals surface area contributed by atoms with E-state index in [1.165, 1.54) is 18.2 Å². The Kier molecular flexibility index (Phi) is 8.04. The van der Waals surface area contributed by atoms with Gasteiger partial charge in [0.15, 0.2) is 0 Å². The van der Waals surface area contributed by atoms with Gasteiger partial charge in [-0.1, -0.05) is 35.9 Å². The maximum absolute atomic E-state index is 13.3. The van der Waals surface area contributed by atoms with E-state index in [0.717, 1.165) is 37.9 Å². The summed E-state index contributed by atoms with van der Waals surface area (Å²) in [5.41, 5.74) is -0.235. The first-order chi connectivity index (χ1) is 18.4. The third kappa shape index (κ3) is 5.79. The molecule has 4 rings (SSSR count). The zero-order chi connectivity index (χ0) is 28.5. The molecule has 0 spiro atoms. The van der Waals surface area contributed by atoms with Crippen molar-refractivity contribution in [2.75, 3.05) is 13.6 Å². The van der Waals surface area contributed by atoms with Crippen LogP contribution >= 0.6 is 11.6 Å². The fourth-order valence-corrected chi connectivity index (χ4v) is 6.31. The van der Waals surface area contributed by atoms with Crippen molar-refractivity contribution in [1.29, 1.82) is 0 Å². The molecule has 208 valence electrons. The van der Waals surface area contributed by atoms with E-state index in [-0.39, 0.29) is 23.1 Å². The molecule has 10 heteroatoms. The van der Waals surface area contributed by atoms with Crippen LogP contribution in [0.15, 0.2) is 59.8 Å². The highest BCUT2D eigenvalue weighted by Gasteiger charge is 2.61. The Balaban J connectivity index is 1.68. The standard InChI is InChI=1S/C29H34ClN3O6/c1-18-24(26(34)35)25(21-5-4-6-23(15-21)33(38)39)29(27(36)37,19(2)31-18)17-28(11-12-28)13-14-32(3)16-20-7-9-22(30)10-8-20/h4-10,15,19,25,31H,11-14,16-17H2,1-3H3,(H,34,35)(H,36,37). The minimum atomic E-state index is -1.52. The van der Waals surface area contributed by atoms with Crippen molar-refractivity contribution in [1.82, 2.24) is 10.2 Å². The summed E-state index contributed by atoms with van der Waals surface area (Å²) in [6.07, 6.45) is 2.70. The van der Waals surface area contributed by atoms with Crippen molar-refractivity contribution in [2.45, 2.75) is 58.0 Å². The summed E-state index contributed by atoms with van der Waals surface area (Å²) >= 11 is 6.00. The number of nitro benzene ring substituents is 1. The zero-order valence-electron chi connectivity index (χ0n) is 22.3. The Labute approximate surface area is 232 Å². The van der Waals surface area contributed by atoms with Crippen LogP contribution in [0.4, 0.5) is 5.69 Å². The first-order valence-electron chi connectivity index (χ1n) is 13.0. The zero-order valence-corrected chi connectivity index (χ0v) is 23.1. The number of hydrogen-bond acceptors (Lipinski definition) is 6. The Morgan fingerprint density at radius 1 is 1.18 bits per heavy atom. The van der Waals surface area contributed by atoms with Crippen molar-refractivity contribution in [3.63, 3.8) is 0 Å². The second-order valence-electron chi connectivity index (χ2n) is 11.1. The summed E-state index contributed by atoms with van der Waals surface area (Å²) in [6.45, 7) is 4.84. The molecule has 1 aliphatic carbocycles. The molecule has 3 N–H and O–H groups in total. The molecule has 0 aromatic heterocycles. The lowest BCUT2D eigenvalue weighted by atomic mass is 9.58. The van der Waals surface area contributed by atoms with E-state index in [2.05, 4.69) is 10.2 Å². The highest BCUT2D eigenvalue weighted by molar-refractivity contribution is 6.30. The third-order valence-corrected chi connectivity index (χ3v) is 8.72. The van der Waals surface area contributed by atoms with E-state index in [0.29, 0.717) is 16.3 Å². The van der Waals surface area contributed by atoms with E-state index in [4.69, 9.17) is 11.6 Å². The van der Waals surface area contributed by atoms with Crippen LogP contribution in [0.25, 0.3) is 0 Å². The van der Waals surface area contributed by atoms with Crippen LogP contribution < -0.4 is 5.32 Å². The van der Waals surface area contributed by atoms with Gasteiger partial charge in [0.05, 0.1) is 15.9 Å². The smallest absolute Gasteiger partial charge is 0.333 e. The van der Waals surface area contributed by atoms with Crippen LogP contribution in [0.5, 0.6) is 0 Å². The van der Waals surface area contributed by atoms with Crippen molar-refractivity contribution in [3.8, 4) is 0 Å². The topological polar surface area (TPSA) is 133 Å². The molecule has 2 aromatic rings. The molecule has 1 heterocycles. The predicted octanol–water partition coefficient (Wildman–Crippen LogP) is 5.45. The summed E-state index contributed by atoms with van der Waals surface area (Å²) < 4.78 is 0. The molecule has 1 aliphatic heterocycles. The molecular weight excluding hydrogens is 522 g/mol. The Morgan fingerprint density at radius 3 is 2.41 bits per heavy atom. The molecule has 0 radical (unpaired) electrons. The average Bonchev–Trinajstić information content (AvgIpc) is 3.64. The van der Waals surface area contributed by atoms with Crippen LogP contribution in [-0.4, -0.2) is 51.6 Å².